The van der Waals surface area contributed by atoms with Gasteiger partial charge in [0.1, 0.15) is 5.75 Å². The zero-order valence-electron chi connectivity index (χ0n) is 19.6. The molecule has 3 nitrogen and oxygen atoms in total. The SMILES string of the molecule is CC(=O)c1cc(OCOCC[Si](C)(C)C)cc2c1CC[C@H]1C(C)(C)CCC[C@]21C. The molecule has 0 bridgehead atoms. The molecule has 0 N–H and O–H groups in total. The third kappa shape index (κ3) is 4.79. The summed E-state index contributed by atoms with van der Waals surface area (Å²) in [6, 6.07) is 5.30. The Hall–Kier alpha value is -1.13. The second-order valence-corrected chi connectivity index (χ2v) is 17.0. The van der Waals surface area contributed by atoms with E-state index in [1.165, 1.54) is 36.8 Å². The lowest BCUT2D eigenvalue weighted by Crippen LogP contribution is -2.48. The van der Waals surface area contributed by atoms with E-state index in [0.717, 1.165) is 30.4 Å². The van der Waals surface area contributed by atoms with Crippen LogP contribution in [0.5, 0.6) is 5.75 Å². The second kappa shape index (κ2) is 8.18. The summed E-state index contributed by atoms with van der Waals surface area (Å²) < 4.78 is 11.7. The van der Waals surface area contributed by atoms with Crippen LogP contribution in [0.2, 0.25) is 25.7 Å². The van der Waals surface area contributed by atoms with Crippen LogP contribution in [-0.2, 0) is 16.6 Å². The van der Waals surface area contributed by atoms with Crippen molar-refractivity contribution in [2.24, 2.45) is 11.3 Å². The van der Waals surface area contributed by atoms with Gasteiger partial charge in [-0.3, -0.25) is 4.79 Å². The molecule has 162 valence electrons. The lowest BCUT2D eigenvalue weighted by molar-refractivity contribution is 0.0207. The molecule has 0 saturated heterocycles. The number of rotatable bonds is 7. The van der Waals surface area contributed by atoms with Crippen LogP contribution in [0.15, 0.2) is 12.1 Å². The van der Waals surface area contributed by atoms with Crippen LogP contribution in [0.4, 0.5) is 0 Å². The molecule has 1 aromatic rings. The predicted molar refractivity (Wildman–Crippen MR) is 123 cm³/mol. The highest BCUT2D eigenvalue weighted by atomic mass is 28.3. The molecule has 29 heavy (non-hydrogen) atoms. The van der Waals surface area contributed by atoms with Crippen LogP contribution in [0, 0.1) is 11.3 Å². The van der Waals surface area contributed by atoms with Crippen LogP contribution < -0.4 is 4.74 Å². The summed E-state index contributed by atoms with van der Waals surface area (Å²) in [5.41, 5.74) is 3.94. The molecule has 0 amide bonds. The number of benzene rings is 1. The second-order valence-electron chi connectivity index (χ2n) is 11.4. The zero-order valence-corrected chi connectivity index (χ0v) is 20.6. The third-order valence-corrected chi connectivity index (χ3v) is 9.14. The molecule has 1 fully saturated rings. The van der Waals surface area contributed by atoms with Crippen LogP contribution in [0.3, 0.4) is 0 Å². The van der Waals surface area contributed by atoms with E-state index in [1.807, 2.05) is 6.07 Å². The summed E-state index contributed by atoms with van der Waals surface area (Å²) >= 11 is 0. The van der Waals surface area contributed by atoms with Gasteiger partial charge in [-0.05, 0) is 78.7 Å². The maximum Gasteiger partial charge on any atom is 0.189 e. The molecular formula is C25H40O3Si. The first kappa shape index (κ1) is 22.5. The quantitative estimate of drug-likeness (QED) is 0.217. The topological polar surface area (TPSA) is 35.5 Å². The molecule has 2 aliphatic carbocycles. The normalized spacial score (nSPS) is 25.8. The van der Waals surface area contributed by atoms with Gasteiger partial charge in [0, 0.05) is 20.2 Å². The average Bonchev–Trinajstić information content (AvgIpc) is 2.59. The Bertz CT molecular complexity index is 762. The van der Waals surface area contributed by atoms with Crippen molar-refractivity contribution in [1.29, 1.82) is 0 Å². The minimum Gasteiger partial charge on any atom is -0.468 e. The molecular weight excluding hydrogens is 376 g/mol. The fraction of sp³-hybridized carbons (Fsp3) is 0.720. The van der Waals surface area contributed by atoms with Crippen molar-refractivity contribution in [3.8, 4) is 5.75 Å². The summed E-state index contributed by atoms with van der Waals surface area (Å²) in [6.45, 7) is 17.0. The smallest absolute Gasteiger partial charge is 0.189 e. The monoisotopic (exact) mass is 416 g/mol. The maximum absolute atomic E-state index is 12.5. The van der Waals surface area contributed by atoms with E-state index in [1.54, 1.807) is 6.92 Å². The Morgan fingerprint density at radius 2 is 1.90 bits per heavy atom. The summed E-state index contributed by atoms with van der Waals surface area (Å²) in [7, 11) is -1.10. The zero-order chi connectivity index (χ0) is 21.4. The van der Waals surface area contributed by atoms with Crippen molar-refractivity contribution in [1.82, 2.24) is 0 Å². The molecule has 1 aromatic carbocycles. The van der Waals surface area contributed by atoms with Crippen molar-refractivity contribution in [2.75, 3.05) is 13.4 Å². The molecule has 0 unspecified atom stereocenters. The van der Waals surface area contributed by atoms with Crippen LogP contribution in [0.1, 0.15) is 74.9 Å². The Labute approximate surface area is 178 Å². The van der Waals surface area contributed by atoms with E-state index in [9.17, 15) is 4.79 Å². The molecule has 1 saturated carbocycles. The summed E-state index contributed by atoms with van der Waals surface area (Å²) in [5, 5.41) is 0. The van der Waals surface area contributed by atoms with E-state index in [4.69, 9.17) is 9.47 Å². The van der Waals surface area contributed by atoms with E-state index >= 15 is 0 Å². The highest BCUT2D eigenvalue weighted by Gasteiger charge is 2.50. The van der Waals surface area contributed by atoms with Crippen molar-refractivity contribution in [3.63, 3.8) is 0 Å². The van der Waals surface area contributed by atoms with Crippen LogP contribution in [-0.4, -0.2) is 27.3 Å². The number of carbonyl (C=O) groups excluding carboxylic acids is 1. The first-order valence-electron chi connectivity index (χ1n) is 11.3. The molecule has 2 aliphatic rings. The number of ketones is 1. The molecule has 0 aliphatic heterocycles. The first-order valence-corrected chi connectivity index (χ1v) is 15.0. The van der Waals surface area contributed by atoms with Gasteiger partial charge in [0.2, 0.25) is 0 Å². The van der Waals surface area contributed by atoms with Crippen molar-refractivity contribution < 1.29 is 14.3 Å². The molecule has 2 atom stereocenters. The Kier molecular flexibility index (Phi) is 6.36. The van der Waals surface area contributed by atoms with Gasteiger partial charge in [-0.25, -0.2) is 0 Å². The average molecular weight is 417 g/mol. The van der Waals surface area contributed by atoms with Crippen molar-refractivity contribution in [3.05, 3.63) is 28.8 Å². The van der Waals surface area contributed by atoms with E-state index < -0.39 is 8.07 Å². The van der Waals surface area contributed by atoms with E-state index in [0.29, 0.717) is 11.3 Å². The number of carbonyl (C=O) groups is 1. The summed E-state index contributed by atoms with van der Waals surface area (Å²) in [5.74, 6) is 1.58. The maximum atomic E-state index is 12.5. The highest BCUT2D eigenvalue weighted by molar-refractivity contribution is 6.76. The van der Waals surface area contributed by atoms with Gasteiger partial charge in [0.05, 0.1) is 0 Å². The van der Waals surface area contributed by atoms with Gasteiger partial charge >= 0.3 is 0 Å². The Morgan fingerprint density at radius 3 is 2.55 bits per heavy atom. The number of hydrogen-bond acceptors (Lipinski definition) is 3. The molecule has 3 rings (SSSR count). The third-order valence-electron chi connectivity index (χ3n) is 7.44. The van der Waals surface area contributed by atoms with Gasteiger partial charge in [-0.1, -0.05) is 46.8 Å². The highest BCUT2D eigenvalue weighted by Crippen LogP contribution is 2.57. The van der Waals surface area contributed by atoms with Gasteiger partial charge in [0.25, 0.3) is 0 Å². The van der Waals surface area contributed by atoms with Gasteiger partial charge < -0.3 is 9.47 Å². The standard InChI is InChI=1S/C25H40O3Si/c1-18(26)21-15-19(28-17-27-13-14-29(5,6)7)16-22-20(21)9-10-23-24(2,3)11-8-12-25(22,23)4/h15-16,23H,8-14,17H2,1-7H3/t23-,25+/m0/s1. The number of hydrogen-bond donors (Lipinski definition) is 0. The summed E-state index contributed by atoms with van der Waals surface area (Å²) in [6.07, 6.45) is 5.92. The van der Waals surface area contributed by atoms with Crippen LogP contribution in [0.25, 0.3) is 0 Å². The Balaban J connectivity index is 1.86. The first-order chi connectivity index (χ1) is 13.4. The number of ether oxygens (including phenoxy) is 2. The minimum absolute atomic E-state index is 0.123. The number of fused-ring (bicyclic) bond motifs is 3. The molecule has 0 spiro atoms. The minimum atomic E-state index is -1.10. The Morgan fingerprint density at radius 1 is 1.17 bits per heavy atom. The van der Waals surface area contributed by atoms with Crippen molar-refractivity contribution >= 4 is 13.9 Å². The van der Waals surface area contributed by atoms with Gasteiger partial charge in [-0.2, -0.15) is 0 Å². The molecule has 0 heterocycles. The predicted octanol–water partition coefficient (Wildman–Crippen LogP) is 6.61. The van der Waals surface area contributed by atoms with E-state index in [-0.39, 0.29) is 18.0 Å². The lowest BCUT2D eigenvalue weighted by atomic mass is 9.50. The summed E-state index contributed by atoms with van der Waals surface area (Å²) in [4.78, 5) is 12.5. The lowest BCUT2D eigenvalue weighted by Gasteiger charge is -2.54. The fourth-order valence-electron chi connectivity index (χ4n) is 5.81. The van der Waals surface area contributed by atoms with Gasteiger partial charge in [-0.15, -0.1) is 0 Å². The number of Topliss-reactive ketones (excluding diaryl/α,β-unsaturated/α-hetero) is 1. The van der Waals surface area contributed by atoms with E-state index in [2.05, 4.69) is 46.5 Å². The largest absolute Gasteiger partial charge is 0.468 e. The molecule has 0 aromatic heterocycles. The van der Waals surface area contributed by atoms with Gasteiger partial charge in [0.15, 0.2) is 12.6 Å². The van der Waals surface area contributed by atoms with Crippen molar-refractivity contribution in [2.45, 2.75) is 90.9 Å². The fourth-order valence-corrected chi connectivity index (χ4v) is 6.57. The molecule has 0 radical (unpaired) electrons. The van der Waals surface area contributed by atoms with Crippen LogP contribution >= 0.6 is 0 Å². The molecule has 4 heteroatoms.